The number of hydrogen-bond acceptors (Lipinski definition) is 5. The Morgan fingerprint density at radius 1 is 1.55 bits per heavy atom. The molecule has 1 heterocycles. The van der Waals surface area contributed by atoms with Crippen molar-refractivity contribution in [3.8, 4) is 0 Å². The van der Waals surface area contributed by atoms with Crippen LogP contribution < -0.4 is 5.32 Å². The van der Waals surface area contributed by atoms with E-state index < -0.39 is 27.9 Å². The summed E-state index contributed by atoms with van der Waals surface area (Å²) >= 11 is 5.61. The third-order valence-corrected chi connectivity index (χ3v) is 3.39. The van der Waals surface area contributed by atoms with Crippen molar-refractivity contribution >= 4 is 29.2 Å². The Hall–Kier alpha value is -2.22. The van der Waals surface area contributed by atoms with Crippen LogP contribution in [0.5, 0.6) is 0 Å². The third-order valence-electron chi connectivity index (χ3n) is 3.19. The molecule has 2 N–H and O–H groups in total. The summed E-state index contributed by atoms with van der Waals surface area (Å²) < 4.78 is 0. The summed E-state index contributed by atoms with van der Waals surface area (Å²) in [5, 5.41) is 22.1. The molecule has 1 aliphatic rings. The van der Waals surface area contributed by atoms with Gasteiger partial charge in [-0.25, -0.2) is 4.98 Å². The van der Waals surface area contributed by atoms with E-state index in [-0.39, 0.29) is 17.3 Å². The number of hydrogen-bond donors (Lipinski definition) is 2. The van der Waals surface area contributed by atoms with Crippen LogP contribution in [0.3, 0.4) is 0 Å². The maximum atomic E-state index is 11.9. The van der Waals surface area contributed by atoms with Gasteiger partial charge in [0.2, 0.25) is 0 Å². The molecule has 0 radical (unpaired) electrons. The molecule has 20 heavy (non-hydrogen) atoms. The lowest BCUT2D eigenvalue weighted by Gasteiger charge is -2.11. The molecule has 106 valence electrons. The molecule has 1 aromatic heterocycles. The highest BCUT2D eigenvalue weighted by Crippen LogP contribution is 2.45. The Bertz CT molecular complexity index is 600. The van der Waals surface area contributed by atoms with E-state index in [2.05, 4.69) is 10.3 Å². The van der Waals surface area contributed by atoms with E-state index in [0.29, 0.717) is 12.8 Å². The van der Waals surface area contributed by atoms with Crippen molar-refractivity contribution in [3.63, 3.8) is 0 Å². The highest BCUT2D eigenvalue weighted by molar-refractivity contribution is 6.29. The Balaban J connectivity index is 2.15. The normalized spacial score (nSPS) is 15.4. The summed E-state index contributed by atoms with van der Waals surface area (Å²) in [5.41, 5.74) is -1.66. The van der Waals surface area contributed by atoms with Gasteiger partial charge in [-0.2, -0.15) is 0 Å². The van der Waals surface area contributed by atoms with E-state index in [1.807, 2.05) is 0 Å². The maximum Gasteiger partial charge on any atom is 0.311 e. The van der Waals surface area contributed by atoms with Crippen LogP contribution in [0.25, 0.3) is 0 Å². The Labute approximate surface area is 117 Å². The molecule has 9 heteroatoms. The fourth-order valence-corrected chi connectivity index (χ4v) is 1.87. The number of rotatable bonds is 5. The van der Waals surface area contributed by atoms with Crippen molar-refractivity contribution in [3.05, 3.63) is 33.1 Å². The smallest absolute Gasteiger partial charge is 0.311 e. The van der Waals surface area contributed by atoms with Gasteiger partial charge in [0.25, 0.3) is 11.6 Å². The molecule has 1 fully saturated rings. The number of carboxylic acid groups (broad SMARTS) is 1. The van der Waals surface area contributed by atoms with E-state index in [0.717, 1.165) is 12.3 Å². The summed E-state index contributed by atoms with van der Waals surface area (Å²) in [5.74, 6) is -1.73. The van der Waals surface area contributed by atoms with Gasteiger partial charge < -0.3 is 10.4 Å². The van der Waals surface area contributed by atoms with Crippen molar-refractivity contribution in [1.82, 2.24) is 10.3 Å². The molecule has 0 spiro atoms. The standard InChI is InChI=1S/C11H10ClN3O5/c12-8-3-6(7(4-13-8)15(19)20)9(16)14-5-11(1-2-11)10(17)18/h3-4H,1-2,5H2,(H,14,16)(H,17,18). The van der Waals surface area contributed by atoms with Gasteiger partial charge in [0.1, 0.15) is 16.9 Å². The minimum atomic E-state index is -0.986. The second-order valence-corrected chi connectivity index (χ2v) is 4.94. The molecule has 0 bridgehead atoms. The number of nitro groups is 1. The number of pyridine rings is 1. The van der Waals surface area contributed by atoms with Crippen LogP contribution in [0.15, 0.2) is 12.3 Å². The van der Waals surface area contributed by atoms with Gasteiger partial charge in [0.05, 0.1) is 10.3 Å². The molecule has 1 saturated carbocycles. The lowest BCUT2D eigenvalue weighted by Crippen LogP contribution is -2.34. The lowest BCUT2D eigenvalue weighted by atomic mass is 10.1. The van der Waals surface area contributed by atoms with E-state index >= 15 is 0 Å². The highest BCUT2D eigenvalue weighted by atomic mass is 35.5. The summed E-state index contributed by atoms with van der Waals surface area (Å²) in [7, 11) is 0. The van der Waals surface area contributed by atoms with Crippen LogP contribution in [0.4, 0.5) is 5.69 Å². The van der Waals surface area contributed by atoms with Crippen molar-refractivity contribution in [2.45, 2.75) is 12.8 Å². The summed E-state index contributed by atoms with van der Waals surface area (Å²) in [6, 6.07) is 1.08. The quantitative estimate of drug-likeness (QED) is 0.479. The fourth-order valence-electron chi connectivity index (χ4n) is 1.71. The number of carboxylic acids is 1. The van der Waals surface area contributed by atoms with Gasteiger partial charge in [-0.1, -0.05) is 11.6 Å². The molecule has 2 rings (SSSR count). The van der Waals surface area contributed by atoms with E-state index in [1.54, 1.807) is 0 Å². The fraction of sp³-hybridized carbons (Fsp3) is 0.364. The second kappa shape index (κ2) is 5.04. The van der Waals surface area contributed by atoms with Crippen molar-refractivity contribution in [1.29, 1.82) is 0 Å². The molecule has 1 amide bonds. The number of nitrogens with one attached hydrogen (secondary N) is 1. The second-order valence-electron chi connectivity index (χ2n) is 4.55. The number of halogens is 1. The first-order chi connectivity index (χ1) is 9.35. The predicted octanol–water partition coefficient (Wildman–Crippen LogP) is 1.24. The van der Waals surface area contributed by atoms with E-state index in [9.17, 15) is 19.7 Å². The summed E-state index contributed by atoms with van der Waals surface area (Å²) in [6.45, 7) is -0.0712. The number of carbonyl (C=O) groups is 2. The maximum absolute atomic E-state index is 11.9. The van der Waals surface area contributed by atoms with Gasteiger partial charge in [0, 0.05) is 6.54 Å². The van der Waals surface area contributed by atoms with E-state index in [4.69, 9.17) is 16.7 Å². The zero-order valence-corrected chi connectivity index (χ0v) is 10.9. The molecular weight excluding hydrogens is 290 g/mol. The molecule has 1 aromatic rings. The highest BCUT2D eigenvalue weighted by Gasteiger charge is 2.50. The van der Waals surface area contributed by atoms with Crippen LogP contribution in [-0.4, -0.2) is 33.4 Å². The first-order valence-electron chi connectivity index (χ1n) is 5.67. The largest absolute Gasteiger partial charge is 0.481 e. The molecular formula is C11H10ClN3O5. The molecule has 0 saturated heterocycles. The molecule has 0 aromatic carbocycles. The molecule has 0 atom stereocenters. The Morgan fingerprint density at radius 2 is 2.20 bits per heavy atom. The third kappa shape index (κ3) is 2.69. The lowest BCUT2D eigenvalue weighted by molar-refractivity contribution is -0.385. The van der Waals surface area contributed by atoms with Crippen LogP contribution >= 0.6 is 11.6 Å². The summed E-state index contributed by atoms with van der Waals surface area (Å²) in [6.07, 6.45) is 1.84. The van der Waals surface area contributed by atoms with Crippen molar-refractivity contribution < 1.29 is 19.6 Å². The van der Waals surface area contributed by atoms with Gasteiger partial charge in [-0.15, -0.1) is 0 Å². The summed E-state index contributed by atoms with van der Waals surface area (Å²) in [4.78, 5) is 36.5. The monoisotopic (exact) mass is 299 g/mol. The van der Waals surface area contributed by atoms with Gasteiger partial charge in [0.15, 0.2) is 0 Å². The zero-order valence-electron chi connectivity index (χ0n) is 10.1. The van der Waals surface area contributed by atoms with E-state index in [1.165, 1.54) is 0 Å². The first-order valence-corrected chi connectivity index (χ1v) is 6.05. The number of nitrogens with zero attached hydrogens (tertiary/aromatic N) is 2. The Morgan fingerprint density at radius 3 is 2.70 bits per heavy atom. The molecule has 1 aliphatic carbocycles. The van der Waals surface area contributed by atoms with Gasteiger partial charge in [-0.05, 0) is 18.9 Å². The average Bonchev–Trinajstić information content (AvgIpc) is 3.16. The number of amides is 1. The van der Waals surface area contributed by atoms with Gasteiger partial charge in [-0.3, -0.25) is 19.7 Å². The number of carbonyl (C=O) groups excluding carboxylic acids is 1. The van der Waals surface area contributed by atoms with Crippen LogP contribution in [0, 0.1) is 15.5 Å². The number of aromatic nitrogens is 1. The van der Waals surface area contributed by atoms with Crippen LogP contribution in [0.2, 0.25) is 5.15 Å². The topological polar surface area (TPSA) is 122 Å². The molecule has 8 nitrogen and oxygen atoms in total. The van der Waals surface area contributed by atoms with Crippen molar-refractivity contribution in [2.75, 3.05) is 6.54 Å². The molecule has 0 unspecified atom stereocenters. The first kappa shape index (κ1) is 14.2. The minimum absolute atomic E-state index is 0.0554. The number of aliphatic carboxylic acids is 1. The Kier molecular flexibility index (Phi) is 3.58. The predicted molar refractivity (Wildman–Crippen MR) is 67.5 cm³/mol. The molecule has 0 aliphatic heterocycles. The van der Waals surface area contributed by atoms with Crippen LogP contribution in [-0.2, 0) is 4.79 Å². The average molecular weight is 300 g/mol. The van der Waals surface area contributed by atoms with Gasteiger partial charge >= 0.3 is 5.97 Å². The minimum Gasteiger partial charge on any atom is -0.481 e. The van der Waals surface area contributed by atoms with Crippen LogP contribution in [0.1, 0.15) is 23.2 Å². The SMILES string of the molecule is O=C(NCC1(C(=O)O)CC1)c1cc(Cl)ncc1[N+](=O)[O-]. The zero-order chi connectivity index (χ0) is 14.9. The van der Waals surface area contributed by atoms with Crippen molar-refractivity contribution in [2.24, 2.45) is 5.41 Å².